The molecule has 1 aliphatic heterocycles. The predicted molar refractivity (Wildman–Crippen MR) is 140 cm³/mol. The van der Waals surface area contributed by atoms with E-state index in [-0.39, 0.29) is 26.1 Å². The van der Waals surface area contributed by atoms with E-state index in [1.165, 1.54) is 4.90 Å². The van der Waals surface area contributed by atoms with E-state index in [1.54, 1.807) is 20.8 Å². The van der Waals surface area contributed by atoms with Crippen LogP contribution in [-0.2, 0) is 41.8 Å². The van der Waals surface area contributed by atoms with E-state index in [0.717, 1.165) is 11.1 Å². The lowest BCUT2D eigenvalue weighted by Gasteiger charge is -2.29. The van der Waals surface area contributed by atoms with E-state index in [2.05, 4.69) is 5.32 Å². The van der Waals surface area contributed by atoms with Crippen molar-refractivity contribution in [3.05, 3.63) is 71.8 Å². The van der Waals surface area contributed by atoms with Crippen LogP contribution < -0.4 is 5.32 Å². The molecule has 38 heavy (non-hydrogen) atoms. The number of esters is 2. The van der Waals surface area contributed by atoms with Crippen molar-refractivity contribution in [3.8, 4) is 0 Å². The van der Waals surface area contributed by atoms with Crippen molar-refractivity contribution in [2.24, 2.45) is 0 Å². The van der Waals surface area contributed by atoms with Gasteiger partial charge in [0.05, 0.1) is 0 Å². The number of nitrogens with one attached hydrogen (secondary N) is 1. The van der Waals surface area contributed by atoms with Crippen molar-refractivity contribution < 1.29 is 33.4 Å². The van der Waals surface area contributed by atoms with Crippen LogP contribution in [-0.4, -0.2) is 53.1 Å². The van der Waals surface area contributed by atoms with Gasteiger partial charge in [-0.3, -0.25) is 14.5 Å². The molecule has 204 valence electrons. The Hall–Kier alpha value is -3.88. The Morgan fingerprint density at radius 2 is 1.50 bits per heavy atom. The molecule has 0 aliphatic carbocycles. The molecule has 1 aliphatic rings. The van der Waals surface area contributed by atoms with Gasteiger partial charge in [0.25, 0.3) is 0 Å². The lowest BCUT2D eigenvalue weighted by Crippen LogP contribution is -2.52. The first-order valence-electron chi connectivity index (χ1n) is 12.8. The summed E-state index contributed by atoms with van der Waals surface area (Å²) in [4.78, 5) is 52.5. The van der Waals surface area contributed by atoms with Crippen LogP contribution in [0.2, 0.25) is 0 Å². The summed E-state index contributed by atoms with van der Waals surface area (Å²) in [5.41, 5.74) is 0.932. The highest BCUT2D eigenvalue weighted by molar-refractivity contribution is 5.90. The van der Waals surface area contributed by atoms with Gasteiger partial charge < -0.3 is 19.5 Å². The fraction of sp³-hybridized carbons (Fsp3) is 0.448. The summed E-state index contributed by atoms with van der Waals surface area (Å²) < 4.78 is 16.2. The zero-order chi connectivity index (χ0) is 27.5. The van der Waals surface area contributed by atoms with Crippen LogP contribution in [0.15, 0.2) is 60.7 Å². The number of carbonyl (C=O) groups excluding carboxylic acids is 4. The van der Waals surface area contributed by atoms with Crippen LogP contribution in [0.25, 0.3) is 0 Å². The van der Waals surface area contributed by atoms with Gasteiger partial charge in [0.2, 0.25) is 5.91 Å². The number of hydrogen-bond donors (Lipinski definition) is 1. The molecule has 1 heterocycles. The monoisotopic (exact) mass is 524 g/mol. The van der Waals surface area contributed by atoms with Crippen molar-refractivity contribution in [2.75, 3.05) is 6.54 Å². The summed E-state index contributed by atoms with van der Waals surface area (Å²) in [6.07, 6.45) is 0.385. The zero-order valence-electron chi connectivity index (χ0n) is 22.2. The van der Waals surface area contributed by atoms with Crippen LogP contribution >= 0.6 is 0 Å². The minimum absolute atomic E-state index is 0.00779. The van der Waals surface area contributed by atoms with Crippen molar-refractivity contribution in [1.29, 1.82) is 0 Å². The Balaban J connectivity index is 1.62. The van der Waals surface area contributed by atoms with Crippen LogP contribution in [0.5, 0.6) is 0 Å². The van der Waals surface area contributed by atoms with Crippen LogP contribution in [0, 0.1) is 0 Å². The van der Waals surface area contributed by atoms with Crippen LogP contribution in [0.1, 0.15) is 57.6 Å². The molecule has 2 atom stereocenters. The largest absolute Gasteiger partial charge is 0.461 e. The summed E-state index contributed by atoms with van der Waals surface area (Å²) in [5.74, 6) is -1.66. The first-order valence-corrected chi connectivity index (χ1v) is 12.8. The number of hydrogen-bond acceptors (Lipinski definition) is 7. The first kappa shape index (κ1) is 28.7. The SMILES string of the molecule is CC(C)(C)OC(=O)N1CCCC1C(=O)N[C@@H](CCC(=O)OCc1ccccc1)C(=O)OCc1ccccc1. The molecular weight excluding hydrogens is 488 g/mol. The highest BCUT2D eigenvalue weighted by Gasteiger charge is 2.38. The number of ether oxygens (including phenoxy) is 3. The number of amides is 2. The van der Waals surface area contributed by atoms with Crippen LogP contribution in [0.4, 0.5) is 4.79 Å². The van der Waals surface area contributed by atoms with Gasteiger partial charge in [0.15, 0.2) is 0 Å². The minimum Gasteiger partial charge on any atom is -0.461 e. The Morgan fingerprint density at radius 1 is 0.921 bits per heavy atom. The Morgan fingerprint density at radius 3 is 2.08 bits per heavy atom. The van der Waals surface area contributed by atoms with Gasteiger partial charge in [-0.15, -0.1) is 0 Å². The third-order valence-corrected chi connectivity index (χ3v) is 5.89. The second-order valence-electron chi connectivity index (χ2n) is 10.2. The quantitative estimate of drug-likeness (QED) is 0.367. The smallest absolute Gasteiger partial charge is 0.410 e. The van der Waals surface area contributed by atoms with Gasteiger partial charge in [-0.1, -0.05) is 60.7 Å². The molecule has 0 aromatic heterocycles. The summed E-state index contributed by atoms with van der Waals surface area (Å²) >= 11 is 0. The topological polar surface area (TPSA) is 111 Å². The average Bonchev–Trinajstić information content (AvgIpc) is 3.39. The van der Waals surface area contributed by atoms with E-state index in [1.807, 2.05) is 60.7 Å². The molecular formula is C29H36N2O7. The molecule has 2 aromatic rings. The van der Waals surface area contributed by atoms with Gasteiger partial charge >= 0.3 is 18.0 Å². The highest BCUT2D eigenvalue weighted by Crippen LogP contribution is 2.21. The van der Waals surface area contributed by atoms with Crippen LogP contribution in [0.3, 0.4) is 0 Å². The molecule has 0 radical (unpaired) electrons. The van der Waals surface area contributed by atoms with Crippen molar-refractivity contribution in [1.82, 2.24) is 10.2 Å². The second kappa shape index (κ2) is 13.6. The van der Waals surface area contributed by atoms with Crippen molar-refractivity contribution in [2.45, 2.75) is 77.4 Å². The van der Waals surface area contributed by atoms with E-state index in [0.29, 0.717) is 19.4 Å². The third-order valence-electron chi connectivity index (χ3n) is 5.89. The maximum atomic E-state index is 13.2. The maximum absolute atomic E-state index is 13.2. The summed E-state index contributed by atoms with van der Waals surface area (Å²) in [6.45, 7) is 5.78. The molecule has 9 heteroatoms. The third kappa shape index (κ3) is 9.21. The maximum Gasteiger partial charge on any atom is 0.410 e. The molecule has 0 spiro atoms. The van der Waals surface area contributed by atoms with Gasteiger partial charge in [0.1, 0.15) is 30.9 Å². The Kier molecular flexibility index (Phi) is 10.3. The molecule has 1 unspecified atom stereocenters. The molecule has 0 saturated carbocycles. The normalized spacial score (nSPS) is 15.9. The molecule has 2 aromatic carbocycles. The van der Waals surface area contributed by atoms with E-state index in [9.17, 15) is 19.2 Å². The predicted octanol–water partition coefficient (Wildman–Crippen LogP) is 4.14. The van der Waals surface area contributed by atoms with E-state index < -0.39 is 41.6 Å². The Bertz CT molecular complexity index is 1080. The number of nitrogens with zero attached hydrogens (tertiary/aromatic N) is 1. The van der Waals surface area contributed by atoms with Gasteiger partial charge in [-0.2, -0.15) is 0 Å². The van der Waals surface area contributed by atoms with Crippen molar-refractivity contribution >= 4 is 23.9 Å². The molecule has 1 fully saturated rings. The van der Waals surface area contributed by atoms with Gasteiger partial charge in [-0.25, -0.2) is 9.59 Å². The van der Waals surface area contributed by atoms with Gasteiger partial charge in [0, 0.05) is 13.0 Å². The average molecular weight is 525 g/mol. The number of benzene rings is 2. The lowest BCUT2D eigenvalue weighted by molar-refractivity contribution is -0.151. The molecule has 1 N–H and O–H groups in total. The highest BCUT2D eigenvalue weighted by atomic mass is 16.6. The molecule has 2 amide bonds. The molecule has 1 saturated heterocycles. The summed E-state index contributed by atoms with van der Waals surface area (Å²) in [7, 11) is 0. The van der Waals surface area contributed by atoms with Crippen molar-refractivity contribution in [3.63, 3.8) is 0 Å². The summed E-state index contributed by atoms with van der Waals surface area (Å²) in [5, 5.41) is 2.70. The molecule has 0 bridgehead atoms. The molecule has 9 nitrogen and oxygen atoms in total. The zero-order valence-corrected chi connectivity index (χ0v) is 22.2. The minimum atomic E-state index is -1.09. The number of likely N-dealkylation sites (tertiary alicyclic amines) is 1. The van der Waals surface area contributed by atoms with E-state index >= 15 is 0 Å². The molecule has 3 rings (SSSR count). The fourth-order valence-corrected chi connectivity index (χ4v) is 4.00. The second-order valence-corrected chi connectivity index (χ2v) is 10.2. The number of rotatable bonds is 10. The standard InChI is InChI=1S/C29H36N2O7/c1-29(2,3)38-28(35)31-18-10-15-24(31)26(33)30-23(27(34)37-20-22-13-8-5-9-14-22)16-17-25(32)36-19-21-11-6-4-7-12-21/h4-9,11-14,23-24H,10,15-20H2,1-3H3,(H,30,33)/t23-,24?/m0/s1. The lowest BCUT2D eigenvalue weighted by atomic mass is 10.1. The Labute approximate surface area is 223 Å². The van der Waals surface area contributed by atoms with Gasteiger partial charge in [-0.05, 0) is 51.2 Å². The fourth-order valence-electron chi connectivity index (χ4n) is 4.00. The van der Waals surface area contributed by atoms with E-state index in [4.69, 9.17) is 14.2 Å². The summed E-state index contributed by atoms with van der Waals surface area (Å²) in [6, 6.07) is 16.5. The first-order chi connectivity index (χ1) is 18.1. The number of carbonyl (C=O) groups is 4.